The van der Waals surface area contributed by atoms with E-state index in [1.807, 2.05) is 32.0 Å². The molecule has 0 saturated carbocycles. The molecule has 0 aliphatic heterocycles. The van der Waals surface area contributed by atoms with Gasteiger partial charge >= 0.3 is 0 Å². The van der Waals surface area contributed by atoms with Crippen molar-refractivity contribution in [2.75, 3.05) is 13.7 Å². The molecule has 2 aromatic carbocycles. The molecule has 4 heteroatoms. The highest BCUT2D eigenvalue weighted by Crippen LogP contribution is 2.31. The molecule has 0 heterocycles. The van der Waals surface area contributed by atoms with Crippen LogP contribution < -0.4 is 10.1 Å². The van der Waals surface area contributed by atoms with E-state index in [1.165, 1.54) is 7.11 Å². The summed E-state index contributed by atoms with van der Waals surface area (Å²) in [5.74, 6) is -0.0812. The highest BCUT2D eigenvalue weighted by atomic mass is 35.5. The number of hydrogen-bond donors (Lipinski definition) is 1. The molecule has 0 fully saturated rings. The van der Waals surface area contributed by atoms with Crippen molar-refractivity contribution in [1.29, 1.82) is 0 Å². The predicted octanol–water partition coefficient (Wildman–Crippen LogP) is 4.50. The Morgan fingerprint density at radius 3 is 2.62 bits per heavy atom. The molecule has 21 heavy (non-hydrogen) atoms. The standard InChI is InChI=1S/C17H19ClFNO/c1-4-20-17(13-9-8-12(18)10-11(13)2)14-6-5-7-15(21-3)16(14)19/h5-10,17,20H,4H2,1-3H3. The first-order valence-electron chi connectivity index (χ1n) is 6.90. The van der Waals surface area contributed by atoms with Crippen LogP contribution in [0.3, 0.4) is 0 Å². The second kappa shape index (κ2) is 6.92. The summed E-state index contributed by atoms with van der Waals surface area (Å²) in [5, 5.41) is 4.01. The summed E-state index contributed by atoms with van der Waals surface area (Å²) in [5.41, 5.74) is 2.60. The number of aryl methyl sites for hydroxylation is 1. The Morgan fingerprint density at radius 2 is 2.00 bits per heavy atom. The Kier molecular flexibility index (Phi) is 5.21. The van der Waals surface area contributed by atoms with E-state index in [-0.39, 0.29) is 17.6 Å². The SMILES string of the molecule is CCNC(c1ccc(Cl)cc1C)c1cccc(OC)c1F. The van der Waals surface area contributed by atoms with Crippen LogP contribution in [-0.4, -0.2) is 13.7 Å². The molecule has 0 amide bonds. The summed E-state index contributed by atoms with van der Waals surface area (Å²) >= 11 is 6.01. The van der Waals surface area contributed by atoms with Gasteiger partial charge in [-0.05, 0) is 42.8 Å². The molecule has 1 N–H and O–H groups in total. The first-order chi connectivity index (χ1) is 10.1. The number of methoxy groups -OCH3 is 1. The van der Waals surface area contributed by atoms with E-state index < -0.39 is 0 Å². The lowest BCUT2D eigenvalue weighted by molar-refractivity contribution is 0.381. The minimum atomic E-state index is -0.333. The Bertz CT molecular complexity index is 630. The summed E-state index contributed by atoms with van der Waals surface area (Å²) in [7, 11) is 1.47. The average molecular weight is 308 g/mol. The molecule has 0 aliphatic carbocycles. The molecule has 0 saturated heterocycles. The van der Waals surface area contributed by atoms with E-state index in [2.05, 4.69) is 5.32 Å². The normalized spacial score (nSPS) is 12.2. The zero-order valence-electron chi connectivity index (χ0n) is 12.4. The van der Waals surface area contributed by atoms with Gasteiger partial charge in [0, 0.05) is 10.6 Å². The largest absolute Gasteiger partial charge is 0.494 e. The summed E-state index contributed by atoms with van der Waals surface area (Å²) < 4.78 is 19.6. The molecule has 0 radical (unpaired) electrons. The van der Waals surface area contributed by atoms with E-state index in [0.29, 0.717) is 10.6 Å². The number of halogens is 2. The van der Waals surface area contributed by atoms with Crippen LogP contribution in [0.15, 0.2) is 36.4 Å². The lowest BCUT2D eigenvalue weighted by Gasteiger charge is -2.22. The van der Waals surface area contributed by atoms with Crippen molar-refractivity contribution in [3.63, 3.8) is 0 Å². The zero-order chi connectivity index (χ0) is 15.4. The summed E-state index contributed by atoms with van der Waals surface area (Å²) in [6.45, 7) is 4.70. The molecule has 112 valence electrons. The van der Waals surface area contributed by atoms with Crippen LogP contribution in [0.2, 0.25) is 5.02 Å². The fourth-order valence-electron chi connectivity index (χ4n) is 2.46. The van der Waals surface area contributed by atoms with Crippen LogP contribution in [0, 0.1) is 12.7 Å². The van der Waals surface area contributed by atoms with Crippen molar-refractivity contribution in [3.8, 4) is 5.75 Å². The molecule has 1 unspecified atom stereocenters. The molecule has 2 nitrogen and oxygen atoms in total. The highest BCUT2D eigenvalue weighted by molar-refractivity contribution is 6.30. The molecule has 0 spiro atoms. The predicted molar refractivity (Wildman–Crippen MR) is 84.7 cm³/mol. The van der Waals surface area contributed by atoms with Crippen molar-refractivity contribution >= 4 is 11.6 Å². The van der Waals surface area contributed by atoms with E-state index in [4.69, 9.17) is 16.3 Å². The lowest BCUT2D eigenvalue weighted by atomic mass is 9.94. The molecular formula is C17H19ClFNO. The van der Waals surface area contributed by atoms with Crippen LogP contribution in [0.4, 0.5) is 4.39 Å². The summed E-state index contributed by atoms with van der Waals surface area (Å²) in [6.07, 6.45) is 0. The van der Waals surface area contributed by atoms with Crippen molar-refractivity contribution in [2.24, 2.45) is 0 Å². The first kappa shape index (κ1) is 15.8. The van der Waals surface area contributed by atoms with Crippen LogP contribution in [-0.2, 0) is 0 Å². The first-order valence-corrected chi connectivity index (χ1v) is 7.28. The quantitative estimate of drug-likeness (QED) is 0.878. The monoisotopic (exact) mass is 307 g/mol. The number of ether oxygens (including phenoxy) is 1. The van der Waals surface area contributed by atoms with Gasteiger partial charge in [-0.1, -0.05) is 36.7 Å². The maximum Gasteiger partial charge on any atom is 0.170 e. The summed E-state index contributed by atoms with van der Waals surface area (Å²) in [6, 6.07) is 10.6. The maximum absolute atomic E-state index is 14.6. The van der Waals surface area contributed by atoms with Gasteiger partial charge in [0.1, 0.15) is 0 Å². The van der Waals surface area contributed by atoms with Gasteiger partial charge in [-0.3, -0.25) is 0 Å². The van der Waals surface area contributed by atoms with Crippen LogP contribution >= 0.6 is 11.6 Å². The third-order valence-electron chi connectivity index (χ3n) is 3.48. The van der Waals surface area contributed by atoms with Crippen LogP contribution in [0.5, 0.6) is 5.75 Å². The molecule has 0 aliphatic rings. The molecule has 2 rings (SSSR count). The lowest BCUT2D eigenvalue weighted by Crippen LogP contribution is -2.24. The van der Waals surface area contributed by atoms with Gasteiger partial charge in [-0.25, -0.2) is 4.39 Å². The topological polar surface area (TPSA) is 21.3 Å². The van der Waals surface area contributed by atoms with E-state index >= 15 is 0 Å². The van der Waals surface area contributed by atoms with E-state index in [1.54, 1.807) is 18.2 Å². The Balaban J connectivity index is 2.53. The maximum atomic E-state index is 14.6. The smallest absolute Gasteiger partial charge is 0.170 e. The van der Waals surface area contributed by atoms with Gasteiger partial charge in [0.15, 0.2) is 11.6 Å². The molecule has 0 bridgehead atoms. The van der Waals surface area contributed by atoms with Crippen molar-refractivity contribution in [1.82, 2.24) is 5.32 Å². The van der Waals surface area contributed by atoms with Crippen molar-refractivity contribution in [2.45, 2.75) is 19.9 Å². The fourth-order valence-corrected chi connectivity index (χ4v) is 2.69. The highest BCUT2D eigenvalue weighted by Gasteiger charge is 2.21. The van der Waals surface area contributed by atoms with E-state index in [0.717, 1.165) is 17.7 Å². The summed E-state index contributed by atoms with van der Waals surface area (Å²) in [4.78, 5) is 0. The third kappa shape index (κ3) is 3.36. The van der Waals surface area contributed by atoms with Crippen molar-refractivity contribution < 1.29 is 9.13 Å². The van der Waals surface area contributed by atoms with Gasteiger partial charge in [-0.15, -0.1) is 0 Å². The van der Waals surface area contributed by atoms with Crippen LogP contribution in [0.1, 0.15) is 29.7 Å². The van der Waals surface area contributed by atoms with Crippen molar-refractivity contribution in [3.05, 3.63) is 63.9 Å². The minimum Gasteiger partial charge on any atom is -0.494 e. The average Bonchev–Trinajstić information content (AvgIpc) is 2.46. The number of benzene rings is 2. The molecule has 1 atom stereocenters. The van der Waals surface area contributed by atoms with Gasteiger partial charge < -0.3 is 10.1 Å². The Hall–Kier alpha value is -1.58. The van der Waals surface area contributed by atoms with Crippen LogP contribution in [0.25, 0.3) is 0 Å². The molecule has 0 aromatic heterocycles. The molecule has 2 aromatic rings. The van der Waals surface area contributed by atoms with Gasteiger partial charge in [0.05, 0.1) is 13.2 Å². The minimum absolute atomic E-state index is 0.234. The Labute approximate surface area is 129 Å². The number of rotatable bonds is 5. The van der Waals surface area contributed by atoms with Gasteiger partial charge in [0.2, 0.25) is 0 Å². The number of hydrogen-bond acceptors (Lipinski definition) is 2. The fraction of sp³-hybridized carbons (Fsp3) is 0.294. The van der Waals surface area contributed by atoms with Gasteiger partial charge in [0.25, 0.3) is 0 Å². The molecular weight excluding hydrogens is 289 g/mol. The van der Waals surface area contributed by atoms with Gasteiger partial charge in [-0.2, -0.15) is 0 Å². The van der Waals surface area contributed by atoms with E-state index in [9.17, 15) is 4.39 Å². The number of nitrogens with one attached hydrogen (secondary N) is 1. The second-order valence-corrected chi connectivity index (χ2v) is 5.29. The second-order valence-electron chi connectivity index (χ2n) is 4.86. The zero-order valence-corrected chi connectivity index (χ0v) is 13.2. The third-order valence-corrected chi connectivity index (χ3v) is 3.71. The Morgan fingerprint density at radius 1 is 1.24 bits per heavy atom.